The van der Waals surface area contributed by atoms with E-state index in [0.29, 0.717) is 11.6 Å². The van der Waals surface area contributed by atoms with Crippen molar-refractivity contribution in [1.82, 2.24) is 4.72 Å². The van der Waals surface area contributed by atoms with Crippen LogP contribution in [0.1, 0.15) is 21.5 Å². The smallest absolute Gasteiger partial charge is 0.366 e. The highest BCUT2D eigenvalue weighted by Crippen LogP contribution is 2.35. The third-order valence-electron chi connectivity index (χ3n) is 3.24. The molecule has 1 amide bonds. The van der Waals surface area contributed by atoms with Crippen molar-refractivity contribution in [2.45, 2.75) is 17.6 Å². The van der Waals surface area contributed by atoms with Gasteiger partial charge in [-0.15, -0.1) is 0 Å². The van der Waals surface area contributed by atoms with E-state index in [1.165, 1.54) is 24.3 Å². The Bertz CT molecular complexity index is 897. The number of amides is 1. The van der Waals surface area contributed by atoms with Gasteiger partial charge >= 0.3 is 6.18 Å². The summed E-state index contributed by atoms with van der Waals surface area (Å²) in [5, 5.41) is -0.228. The van der Waals surface area contributed by atoms with Gasteiger partial charge in [0.25, 0.3) is 0 Å². The molecule has 2 aromatic carbocycles. The van der Waals surface area contributed by atoms with Crippen LogP contribution in [-0.4, -0.2) is 14.3 Å². The van der Waals surface area contributed by atoms with Gasteiger partial charge in [-0.3, -0.25) is 4.79 Å². The van der Waals surface area contributed by atoms with Crippen molar-refractivity contribution in [3.8, 4) is 0 Å². The number of alkyl halides is 3. The summed E-state index contributed by atoms with van der Waals surface area (Å²) >= 11 is 5.53. The van der Waals surface area contributed by atoms with Crippen LogP contribution >= 0.6 is 11.6 Å². The summed E-state index contributed by atoms with van der Waals surface area (Å²) in [6.45, 7) is -0.263. The standard InChI is InChI=1S/C15H12ClF3N2O3S/c16-11-5-6-13(12(7-11)15(17,18)19)25(23,24)21-8-9-1-3-10(4-2-9)14(20)22/h1-7,21H,8H2,(H2,20,22). The molecule has 0 spiro atoms. The van der Waals surface area contributed by atoms with Gasteiger partial charge in [-0.05, 0) is 35.9 Å². The molecule has 5 nitrogen and oxygen atoms in total. The molecular formula is C15H12ClF3N2O3S. The monoisotopic (exact) mass is 392 g/mol. The molecule has 0 saturated heterocycles. The molecule has 0 aliphatic heterocycles. The number of nitrogens with one attached hydrogen (secondary N) is 1. The van der Waals surface area contributed by atoms with E-state index >= 15 is 0 Å². The largest absolute Gasteiger partial charge is 0.417 e. The van der Waals surface area contributed by atoms with E-state index in [0.717, 1.165) is 12.1 Å². The molecule has 0 atom stereocenters. The van der Waals surface area contributed by atoms with Crippen LogP contribution in [0.5, 0.6) is 0 Å². The molecule has 0 saturated carbocycles. The molecule has 3 N–H and O–H groups in total. The average molecular weight is 393 g/mol. The molecular weight excluding hydrogens is 381 g/mol. The van der Waals surface area contributed by atoms with Crippen LogP contribution in [0.4, 0.5) is 13.2 Å². The third kappa shape index (κ3) is 4.71. The van der Waals surface area contributed by atoms with Gasteiger partial charge in [0.1, 0.15) is 0 Å². The molecule has 2 aromatic rings. The van der Waals surface area contributed by atoms with Crippen LogP contribution in [0.3, 0.4) is 0 Å². The Morgan fingerprint density at radius 2 is 1.72 bits per heavy atom. The van der Waals surface area contributed by atoms with E-state index in [1.54, 1.807) is 0 Å². The molecule has 0 heterocycles. The second-order valence-electron chi connectivity index (χ2n) is 5.02. The average Bonchev–Trinajstić information content (AvgIpc) is 2.52. The van der Waals surface area contributed by atoms with Crippen LogP contribution in [-0.2, 0) is 22.7 Å². The SMILES string of the molecule is NC(=O)c1ccc(CNS(=O)(=O)c2ccc(Cl)cc2C(F)(F)F)cc1. The Morgan fingerprint density at radius 3 is 2.24 bits per heavy atom. The summed E-state index contributed by atoms with van der Waals surface area (Å²) in [6.07, 6.45) is -4.88. The first-order chi connectivity index (χ1) is 11.5. The van der Waals surface area contributed by atoms with Crippen molar-refractivity contribution >= 4 is 27.5 Å². The molecule has 0 unspecified atom stereocenters. The van der Waals surface area contributed by atoms with E-state index in [4.69, 9.17) is 17.3 Å². The maximum Gasteiger partial charge on any atom is 0.417 e. The Kier molecular flexibility index (Phi) is 5.40. The number of primary amides is 1. The molecule has 25 heavy (non-hydrogen) atoms. The molecule has 0 aliphatic rings. The molecule has 0 aromatic heterocycles. The van der Waals surface area contributed by atoms with Crippen LogP contribution in [0, 0.1) is 0 Å². The van der Waals surface area contributed by atoms with Crippen molar-refractivity contribution < 1.29 is 26.4 Å². The Balaban J connectivity index is 2.26. The summed E-state index contributed by atoms with van der Waals surface area (Å²) in [6, 6.07) is 8.06. The Labute approximate surface area is 146 Å². The lowest BCUT2D eigenvalue weighted by atomic mass is 10.1. The van der Waals surface area contributed by atoms with Gasteiger partial charge < -0.3 is 5.73 Å². The number of rotatable bonds is 5. The van der Waals surface area contributed by atoms with Crippen LogP contribution in [0.25, 0.3) is 0 Å². The normalized spacial score (nSPS) is 12.2. The topological polar surface area (TPSA) is 89.3 Å². The van der Waals surface area contributed by atoms with Crippen molar-refractivity contribution in [3.63, 3.8) is 0 Å². The first-order valence-electron chi connectivity index (χ1n) is 6.76. The van der Waals surface area contributed by atoms with Crippen molar-refractivity contribution in [1.29, 1.82) is 0 Å². The van der Waals surface area contributed by atoms with Gasteiger partial charge in [0.15, 0.2) is 0 Å². The highest BCUT2D eigenvalue weighted by molar-refractivity contribution is 7.89. The maximum atomic E-state index is 13.0. The van der Waals surface area contributed by atoms with Gasteiger partial charge in [-0.25, -0.2) is 13.1 Å². The van der Waals surface area contributed by atoms with Gasteiger partial charge in [-0.1, -0.05) is 23.7 Å². The number of carbonyl (C=O) groups excluding carboxylic acids is 1. The minimum Gasteiger partial charge on any atom is -0.366 e. The van der Waals surface area contributed by atoms with Gasteiger partial charge in [0.2, 0.25) is 15.9 Å². The minimum absolute atomic E-state index is 0.226. The number of hydrogen-bond acceptors (Lipinski definition) is 3. The predicted octanol–water partition coefficient (Wildman–Crippen LogP) is 2.94. The first kappa shape index (κ1) is 19.2. The molecule has 0 aliphatic carbocycles. The first-order valence-corrected chi connectivity index (χ1v) is 8.62. The van der Waals surface area contributed by atoms with Crippen LogP contribution in [0.2, 0.25) is 5.02 Å². The van der Waals surface area contributed by atoms with E-state index in [1.807, 2.05) is 0 Å². The molecule has 0 radical (unpaired) electrons. The number of hydrogen-bond donors (Lipinski definition) is 2. The number of nitrogens with two attached hydrogens (primary N) is 1. The maximum absolute atomic E-state index is 13.0. The number of carbonyl (C=O) groups is 1. The zero-order valence-electron chi connectivity index (χ0n) is 12.5. The van der Waals surface area contributed by atoms with Gasteiger partial charge in [0.05, 0.1) is 10.5 Å². The quantitative estimate of drug-likeness (QED) is 0.819. The Hall–Kier alpha value is -2.10. The second-order valence-corrected chi connectivity index (χ2v) is 7.20. The highest BCUT2D eigenvalue weighted by Gasteiger charge is 2.37. The van der Waals surface area contributed by atoms with Gasteiger partial charge in [-0.2, -0.15) is 13.2 Å². The lowest BCUT2D eigenvalue weighted by Gasteiger charge is -2.14. The lowest BCUT2D eigenvalue weighted by molar-refractivity contribution is -0.139. The Morgan fingerprint density at radius 1 is 1.12 bits per heavy atom. The molecule has 2 rings (SSSR count). The zero-order valence-corrected chi connectivity index (χ0v) is 14.0. The lowest BCUT2D eigenvalue weighted by Crippen LogP contribution is -2.26. The van der Waals surface area contributed by atoms with Gasteiger partial charge in [0, 0.05) is 17.1 Å². The van der Waals surface area contributed by atoms with E-state index < -0.39 is 32.6 Å². The highest BCUT2D eigenvalue weighted by atomic mass is 35.5. The fraction of sp³-hybridized carbons (Fsp3) is 0.133. The summed E-state index contributed by atoms with van der Waals surface area (Å²) < 4.78 is 65.7. The molecule has 0 bridgehead atoms. The van der Waals surface area contributed by atoms with Crippen molar-refractivity contribution in [3.05, 3.63) is 64.2 Å². The number of benzene rings is 2. The number of halogens is 4. The fourth-order valence-corrected chi connectivity index (χ4v) is 3.40. The molecule has 0 fully saturated rings. The van der Waals surface area contributed by atoms with Crippen molar-refractivity contribution in [2.75, 3.05) is 0 Å². The van der Waals surface area contributed by atoms with Crippen LogP contribution in [0.15, 0.2) is 47.4 Å². The minimum atomic E-state index is -4.88. The van der Waals surface area contributed by atoms with Crippen LogP contribution < -0.4 is 10.5 Å². The van der Waals surface area contributed by atoms with Crippen molar-refractivity contribution in [2.24, 2.45) is 5.73 Å². The second kappa shape index (κ2) is 7.03. The summed E-state index contributed by atoms with van der Waals surface area (Å²) in [7, 11) is -4.44. The summed E-state index contributed by atoms with van der Waals surface area (Å²) in [5.41, 5.74) is 4.40. The van der Waals surface area contributed by atoms with E-state index in [2.05, 4.69) is 4.72 Å². The van der Waals surface area contributed by atoms with E-state index in [9.17, 15) is 26.4 Å². The number of sulfonamides is 1. The third-order valence-corrected chi connectivity index (χ3v) is 4.94. The summed E-state index contributed by atoms with van der Waals surface area (Å²) in [5.74, 6) is -0.650. The summed E-state index contributed by atoms with van der Waals surface area (Å²) in [4.78, 5) is 10.0. The molecule has 134 valence electrons. The predicted molar refractivity (Wildman–Crippen MR) is 85.4 cm³/mol. The molecule has 10 heteroatoms. The van der Waals surface area contributed by atoms with E-state index in [-0.39, 0.29) is 17.1 Å². The fourth-order valence-electron chi connectivity index (χ4n) is 2.00. The zero-order chi connectivity index (χ0) is 18.8.